The highest BCUT2D eigenvalue weighted by molar-refractivity contribution is 6.29. The molecule has 2 aromatic heterocycles. The molecule has 0 unspecified atom stereocenters. The molecule has 0 atom stereocenters. The highest BCUT2D eigenvalue weighted by Crippen LogP contribution is 2.37. The number of pyridine rings is 1. The number of anilines is 1. The van der Waals surface area contributed by atoms with E-state index in [1.807, 2.05) is 0 Å². The van der Waals surface area contributed by atoms with Crippen LogP contribution in [-0.4, -0.2) is 44.0 Å². The third kappa shape index (κ3) is 3.80. The van der Waals surface area contributed by atoms with Gasteiger partial charge < -0.3 is 14.7 Å². The Morgan fingerprint density at radius 3 is 2.62 bits per heavy atom. The van der Waals surface area contributed by atoms with Crippen LogP contribution >= 0.6 is 11.6 Å². The Balaban J connectivity index is 1.88. The van der Waals surface area contributed by atoms with E-state index >= 15 is 0 Å². The van der Waals surface area contributed by atoms with Crippen LogP contribution in [0.25, 0.3) is 0 Å². The number of rotatable bonds is 5. The Morgan fingerprint density at radius 2 is 2.04 bits per heavy atom. The van der Waals surface area contributed by atoms with Gasteiger partial charge in [-0.1, -0.05) is 11.6 Å². The molecule has 0 saturated carbocycles. The first-order valence-corrected chi connectivity index (χ1v) is 8.10. The minimum Gasteiger partial charge on any atom is -0.481 e. The summed E-state index contributed by atoms with van der Waals surface area (Å²) < 4.78 is 5.48. The Morgan fingerprint density at radius 1 is 1.31 bits per heavy atom. The highest BCUT2D eigenvalue weighted by Gasteiger charge is 2.32. The third-order valence-corrected chi connectivity index (χ3v) is 4.23. The molecule has 0 amide bonds. The third-order valence-electron chi connectivity index (χ3n) is 4.01. The molecular formula is C15H14ClN5O5. The van der Waals surface area contributed by atoms with Gasteiger partial charge in [-0.15, -0.1) is 0 Å². The molecule has 136 valence electrons. The van der Waals surface area contributed by atoms with Crippen molar-refractivity contribution < 1.29 is 19.6 Å². The summed E-state index contributed by atoms with van der Waals surface area (Å²) >= 11 is 5.71. The Hall–Kier alpha value is -3.01. The zero-order chi connectivity index (χ0) is 18.7. The second-order valence-electron chi connectivity index (χ2n) is 5.63. The van der Waals surface area contributed by atoms with Crippen molar-refractivity contribution in [1.82, 2.24) is 15.0 Å². The number of aliphatic carboxylic acids is 1. The lowest BCUT2D eigenvalue weighted by Crippen LogP contribution is -2.37. The molecular weight excluding hydrogens is 366 g/mol. The molecule has 11 heteroatoms. The Kier molecular flexibility index (Phi) is 5.12. The van der Waals surface area contributed by atoms with E-state index in [2.05, 4.69) is 15.0 Å². The summed E-state index contributed by atoms with van der Waals surface area (Å²) in [6.45, 7) is 0.688. The molecule has 10 nitrogen and oxygen atoms in total. The maximum absolute atomic E-state index is 11.6. The summed E-state index contributed by atoms with van der Waals surface area (Å²) in [6, 6.07) is 3.00. The van der Waals surface area contributed by atoms with Gasteiger partial charge in [-0.05, 0) is 25.0 Å². The number of hydrogen-bond donors (Lipinski definition) is 1. The van der Waals surface area contributed by atoms with E-state index in [1.165, 1.54) is 24.7 Å². The van der Waals surface area contributed by atoms with Crippen LogP contribution in [0.1, 0.15) is 12.8 Å². The summed E-state index contributed by atoms with van der Waals surface area (Å²) in [4.78, 5) is 35.4. The summed E-state index contributed by atoms with van der Waals surface area (Å²) in [5.41, 5.74) is -0.378. The minimum atomic E-state index is -0.860. The molecule has 3 rings (SSSR count). The number of aromatic nitrogens is 3. The molecule has 1 saturated heterocycles. The van der Waals surface area contributed by atoms with Crippen molar-refractivity contribution >= 4 is 29.1 Å². The SMILES string of the molecule is O=C(O)C1CCN(c2ncnc(Oc3ccc(Cl)nc3)c2[N+](=O)[O-])CC1. The maximum atomic E-state index is 11.6. The van der Waals surface area contributed by atoms with Crippen LogP contribution in [0.15, 0.2) is 24.7 Å². The number of nitro groups is 1. The highest BCUT2D eigenvalue weighted by atomic mass is 35.5. The predicted octanol–water partition coefficient (Wildman–Crippen LogP) is 2.53. The second kappa shape index (κ2) is 7.48. The van der Waals surface area contributed by atoms with E-state index in [0.717, 1.165) is 0 Å². The number of nitrogens with zero attached hydrogens (tertiary/aromatic N) is 5. The van der Waals surface area contributed by atoms with E-state index in [0.29, 0.717) is 25.9 Å². The lowest BCUT2D eigenvalue weighted by atomic mass is 9.97. The standard InChI is InChI=1S/C15H14ClN5O5/c16-11-2-1-10(7-17-11)26-14-12(21(24)25)13(18-8-19-14)20-5-3-9(4-6-20)15(22)23/h1-2,7-9H,3-6H2,(H,22,23). The number of carboxylic acids is 1. The molecule has 0 aromatic carbocycles. The van der Waals surface area contributed by atoms with Crippen molar-refractivity contribution in [2.45, 2.75) is 12.8 Å². The largest absolute Gasteiger partial charge is 0.481 e. The molecule has 2 aromatic rings. The fraction of sp³-hybridized carbons (Fsp3) is 0.333. The number of piperidine rings is 1. The predicted molar refractivity (Wildman–Crippen MR) is 90.6 cm³/mol. The molecule has 26 heavy (non-hydrogen) atoms. The summed E-state index contributed by atoms with van der Waals surface area (Å²) in [5, 5.41) is 20.9. The monoisotopic (exact) mass is 379 g/mol. The summed E-state index contributed by atoms with van der Waals surface area (Å²) in [6.07, 6.45) is 3.26. The smallest absolute Gasteiger partial charge is 0.373 e. The van der Waals surface area contributed by atoms with Crippen LogP contribution in [0, 0.1) is 16.0 Å². The van der Waals surface area contributed by atoms with Crippen molar-refractivity contribution in [2.24, 2.45) is 5.92 Å². The molecule has 1 aliphatic heterocycles. The zero-order valence-corrected chi connectivity index (χ0v) is 14.2. The molecule has 1 aliphatic rings. The van der Waals surface area contributed by atoms with Gasteiger partial charge in [0.2, 0.25) is 5.82 Å². The Labute approximate surface area is 152 Å². The van der Waals surface area contributed by atoms with E-state index < -0.39 is 16.8 Å². The van der Waals surface area contributed by atoms with Crippen molar-refractivity contribution in [3.8, 4) is 11.6 Å². The van der Waals surface area contributed by atoms with Crippen LogP contribution in [0.3, 0.4) is 0 Å². The first kappa shape index (κ1) is 17.8. The number of hydrogen-bond acceptors (Lipinski definition) is 8. The van der Waals surface area contributed by atoms with Gasteiger partial charge in [0.05, 0.1) is 17.0 Å². The fourth-order valence-corrected chi connectivity index (χ4v) is 2.80. The van der Waals surface area contributed by atoms with Crippen LogP contribution in [0.2, 0.25) is 5.15 Å². The van der Waals surface area contributed by atoms with Gasteiger partial charge in [-0.3, -0.25) is 14.9 Å². The molecule has 0 spiro atoms. The minimum absolute atomic E-state index is 0.103. The normalized spacial score (nSPS) is 14.9. The summed E-state index contributed by atoms with van der Waals surface area (Å²) in [7, 11) is 0. The van der Waals surface area contributed by atoms with E-state index in [-0.39, 0.29) is 28.3 Å². The van der Waals surface area contributed by atoms with Crippen LogP contribution < -0.4 is 9.64 Å². The topological polar surface area (TPSA) is 132 Å². The lowest BCUT2D eigenvalue weighted by molar-refractivity contribution is -0.385. The number of halogens is 1. The van der Waals surface area contributed by atoms with Crippen molar-refractivity contribution in [3.05, 3.63) is 39.9 Å². The average molecular weight is 380 g/mol. The van der Waals surface area contributed by atoms with E-state index in [1.54, 1.807) is 4.90 Å². The summed E-state index contributed by atoms with van der Waals surface area (Å²) in [5.74, 6) is -1.19. The van der Waals surface area contributed by atoms with Crippen molar-refractivity contribution in [3.63, 3.8) is 0 Å². The maximum Gasteiger partial charge on any atom is 0.373 e. The van der Waals surface area contributed by atoms with E-state index in [4.69, 9.17) is 21.4 Å². The average Bonchev–Trinajstić information content (AvgIpc) is 2.63. The quantitative estimate of drug-likeness (QED) is 0.472. The van der Waals surface area contributed by atoms with Crippen LogP contribution in [-0.2, 0) is 4.79 Å². The number of ether oxygens (including phenoxy) is 1. The lowest BCUT2D eigenvalue weighted by Gasteiger charge is -2.30. The number of carboxylic acid groups (broad SMARTS) is 1. The van der Waals surface area contributed by atoms with Gasteiger partial charge in [0, 0.05) is 13.1 Å². The molecule has 0 aliphatic carbocycles. The van der Waals surface area contributed by atoms with E-state index in [9.17, 15) is 14.9 Å². The van der Waals surface area contributed by atoms with Gasteiger partial charge in [0.1, 0.15) is 17.2 Å². The van der Waals surface area contributed by atoms with Crippen molar-refractivity contribution in [2.75, 3.05) is 18.0 Å². The van der Waals surface area contributed by atoms with Gasteiger partial charge >= 0.3 is 17.5 Å². The molecule has 0 radical (unpaired) electrons. The van der Waals surface area contributed by atoms with Gasteiger partial charge in [-0.25, -0.2) is 9.97 Å². The molecule has 1 fully saturated rings. The zero-order valence-electron chi connectivity index (χ0n) is 13.4. The fourth-order valence-electron chi connectivity index (χ4n) is 2.69. The van der Waals surface area contributed by atoms with Gasteiger partial charge in [0.25, 0.3) is 0 Å². The Bertz CT molecular complexity index is 824. The number of carbonyl (C=O) groups is 1. The van der Waals surface area contributed by atoms with Crippen molar-refractivity contribution in [1.29, 1.82) is 0 Å². The first-order valence-electron chi connectivity index (χ1n) is 7.72. The van der Waals surface area contributed by atoms with Gasteiger partial charge in [-0.2, -0.15) is 4.98 Å². The molecule has 3 heterocycles. The van der Waals surface area contributed by atoms with Crippen LogP contribution in [0.5, 0.6) is 11.6 Å². The molecule has 1 N–H and O–H groups in total. The second-order valence-corrected chi connectivity index (χ2v) is 6.01. The van der Waals surface area contributed by atoms with Gasteiger partial charge in [0.15, 0.2) is 0 Å². The van der Waals surface area contributed by atoms with Crippen LogP contribution in [0.4, 0.5) is 11.5 Å². The molecule has 0 bridgehead atoms. The first-order chi connectivity index (χ1) is 12.5.